The summed E-state index contributed by atoms with van der Waals surface area (Å²) in [5.74, 6) is 0. The Kier molecular flexibility index (Phi) is 4.30. The Morgan fingerprint density at radius 1 is 1.47 bits per heavy atom. The van der Waals surface area contributed by atoms with E-state index in [0.717, 1.165) is 23.6 Å². The number of anilines is 1. The lowest BCUT2D eigenvalue weighted by Gasteiger charge is -2.09. The van der Waals surface area contributed by atoms with Crippen LogP contribution in [0.3, 0.4) is 0 Å². The van der Waals surface area contributed by atoms with Gasteiger partial charge in [0, 0.05) is 19.7 Å². The van der Waals surface area contributed by atoms with Gasteiger partial charge < -0.3 is 15.8 Å². The number of ether oxygens (including phenoxy) is 1. The molecule has 0 saturated carbocycles. The van der Waals surface area contributed by atoms with Crippen LogP contribution >= 0.6 is 11.3 Å². The quantitative estimate of drug-likeness (QED) is 0.825. The van der Waals surface area contributed by atoms with Gasteiger partial charge in [-0.2, -0.15) is 0 Å². The fourth-order valence-corrected chi connectivity index (χ4v) is 2.50. The molecule has 2 aromatic rings. The number of methoxy groups -OCH3 is 1. The summed E-state index contributed by atoms with van der Waals surface area (Å²) in [6.45, 7) is 1.42. The van der Waals surface area contributed by atoms with E-state index in [9.17, 15) is 0 Å². The molecule has 17 heavy (non-hydrogen) atoms. The van der Waals surface area contributed by atoms with E-state index in [1.54, 1.807) is 18.4 Å². The Labute approximate surface area is 105 Å². The van der Waals surface area contributed by atoms with Gasteiger partial charge in [-0.3, -0.25) is 0 Å². The second-order valence-corrected chi connectivity index (χ2v) is 4.95. The van der Waals surface area contributed by atoms with Crippen molar-refractivity contribution in [2.75, 3.05) is 25.6 Å². The Morgan fingerprint density at radius 3 is 3.06 bits per heavy atom. The molecule has 1 atom stereocenters. The zero-order chi connectivity index (χ0) is 12.1. The normalized spacial score (nSPS) is 12.8. The number of benzene rings is 1. The highest BCUT2D eigenvalue weighted by molar-refractivity contribution is 7.22. The van der Waals surface area contributed by atoms with E-state index < -0.39 is 0 Å². The third-order valence-corrected chi connectivity index (χ3v) is 3.46. The number of thiazole rings is 1. The zero-order valence-electron chi connectivity index (χ0n) is 9.85. The van der Waals surface area contributed by atoms with Crippen LogP contribution in [0.15, 0.2) is 24.3 Å². The number of hydrogen-bond acceptors (Lipinski definition) is 5. The summed E-state index contributed by atoms with van der Waals surface area (Å²) in [6.07, 6.45) is 0.879. The number of nitrogens with two attached hydrogens (primary N) is 1. The predicted molar refractivity (Wildman–Crippen MR) is 72.6 cm³/mol. The van der Waals surface area contributed by atoms with Gasteiger partial charge in [-0.1, -0.05) is 23.5 Å². The number of aromatic nitrogens is 1. The monoisotopic (exact) mass is 251 g/mol. The second-order valence-electron chi connectivity index (χ2n) is 3.92. The van der Waals surface area contributed by atoms with Crippen molar-refractivity contribution in [2.24, 2.45) is 5.73 Å². The van der Waals surface area contributed by atoms with Gasteiger partial charge in [-0.25, -0.2) is 4.98 Å². The van der Waals surface area contributed by atoms with E-state index in [1.807, 2.05) is 18.2 Å². The van der Waals surface area contributed by atoms with Crippen molar-refractivity contribution in [1.82, 2.24) is 4.98 Å². The molecule has 1 aromatic carbocycles. The molecular formula is C12H17N3OS. The summed E-state index contributed by atoms with van der Waals surface area (Å²) in [6, 6.07) is 8.21. The van der Waals surface area contributed by atoms with Crippen molar-refractivity contribution in [3.05, 3.63) is 24.3 Å². The molecule has 0 radical (unpaired) electrons. The van der Waals surface area contributed by atoms with Crippen LogP contribution in [0.25, 0.3) is 10.2 Å². The van der Waals surface area contributed by atoms with Crippen LogP contribution in [0.5, 0.6) is 0 Å². The van der Waals surface area contributed by atoms with E-state index in [2.05, 4.69) is 16.4 Å². The molecule has 0 bridgehead atoms. The van der Waals surface area contributed by atoms with E-state index in [1.165, 1.54) is 4.70 Å². The van der Waals surface area contributed by atoms with Crippen LogP contribution in [-0.4, -0.2) is 31.3 Å². The number of fused-ring (bicyclic) bond motifs is 1. The standard InChI is InChI=1S/C12H17N3OS/c1-16-8-9(13)6-7-14-12-15-10-4-2-3-5-11(10)17-12/h2-5,9H,6-8,13H2,1H3,(H,14,15). The number of para-hydroxylation sites is 1. The molecule has 0 saturated heterocycles. The van der Waals surface area contributed by atoms with Crippen LogP contribution in [-0.2, 0) is 4.74 Å². The molecule has 0 aliphatic heterocycles. The Hall–Kier alpha value is -1.17. The average Bonchev–Trinajstić information content (AvgIpc) is 2.71. The maximum atomic E-state index is 5.84. The minimum atomic E-state index is 0.0851. The van der Waals surface area contributed by atoms with Gasteiger partial charge in [0.25, 0.3) is 0 Å². The van der Waals surface area contributed by atoms with Crippen molar-refractivity contribution < 1.29 is 4.74 Å². The SMILES string of the molecule is COCC(N)CCNc1nc2ccccc2s1. The van der Waals surface area contributed by atoms with Crippen LogP contribution < -0.4 is 11.1 Å². The second kappa shape index (κ2) is 5.95. The first-order valence-corrected chi connectivity index (χ1v) is 6.45. The van der Waals surface area contributed by atoms with Crippen molar-refractivity contribution in [2.45, 2.75) is 12.5 Å². The van der Waals surface area contributed by atoms with E-state index >= 15 is 0 Å². The van der Waals surface area contributed by atoms with Gasteiger partial charge in [0.2, 0.25) is 0 Å². The smallest absolute Gasteiger partial charge is 0.183 e. The summed E-state index contributed by atoms with van der Waals surface area (Å²) >= 11 is 1.67. The van der Waals surface area contributed by atoms with Gasteiger partial charge >= 0.3 is 0 Å². The minimum absolute atomic E-state index is 0.0851. The minimum Gasteiger partial charge on any atom is -0.383 e. The summed E-state index contributed by atoms with van der Waals surface area (Å²) in [4.78, 5) is 4.49. The van der Waals surface area contributed by atoms with Gasteiger partial charge in [-0.05, 0) is 18.6 Å². The van der Waals surface area contributed by atoms with Crippen molar-refractivity contribution in [3.8, 4) is 0 Å². The molecule has 2 rings (SSSR count). The third kappa shape index (κ3) is 3.39. The highest BCUT2D eigenvalue weighted by atomic mass is 32.1. The highest BCUT2D eigenvalue weighted by Gasteiger charge is 2.04. The molecule has 0 fully saturated rings. The van der Waals surface area contributed by atoms with Crippen LogP contribution in [0.1, 0.15) is 6.42 Å². The summed E-state index contributed by atoms with van der Waals surface area (Å²) in [5, 5.41) is 4.25. The maximum absolute atomic E-state index is 5.84. The highest BCUT2D eigenvalue weighted by Crippen LogP contribution is 2.25. The van der Waals surface area contributed by atoms with Gasteiger partial charge in [0.1, 0.15) is 0 Å². The number of hydrogen-bond donors (Lipinski definition) is 2. The Bertz CT molecular complexity index is 438. The molecule has 3 N–H and O–H groups in total. The molecule has 1 aromatic heterocycles. The Balaban J connectivity index is 1.86. The molecular weight excluding hydrogens is 234 g/mol. The summed E-state index contributed by atoms with van der Waals surface area (Å²) in [7, 11) is 1.67. The topological polar surface area (TPSA) is 60.2 Å². The molecule has 0 amide bonds. The fourth-order valence-electron chi connectivity index (χ4n) is 1.61. The van der Waals surface area contributed by atoms with E-state index in [4.69, 9.17) is 10.5 Å². The van der Waals surface area contributed by atoms with E-state index in [0.29, 0.717) is 6.61 Å². The molecule has 92 valence electrons. The van der Waals surface area contributed by atoms with Crippen LogP contribution in [0, 0.1) is 0 Å². The zero-order valence-corrected chi connectivity index (χ0v) is 10.7. The molecule has 0 aliphatic rings. The largest absolute Gasteiger partial charge is 0.383 e. The average molecular weight is 251 g/mol. The first-order valence-electron chi connectivity index (χ1n) is 5.63. The van der Waals surface area contributed by atoms with Gasteiger partial charge in [-0.15, -0.1) is 0 Å². The predicted octanol–water partition coefficient (Wildman–Crippen LogP) is 2.07. The van der Waals surface area contributed by atoms with Crippen molar-refractivity contribution >= 4 is 26.7 Å². The first kappa shape index (κ1) is 12.3. The lowest BCUT2D eigenvalue weighted by Crippen LogP contribution is -2.28. The van der Waals surface area contributed by atoms with E-state index in [-0.39, 0.29) is 6.04 Å². The Morgan fingerprint density at radius 2 is 2.29 bits per heavy atom. The molecule has 4 nitrogen and oxygen atoms in total. The lowest BCUT2D eigenvalue weighted by molar-refractivity contribution is 0.178. The molecule has 0 spiro atoms. The third-order valence-electron chi connectivity index (χ3n) is 2.47. The molecule has 1 unspecified atom stereocenters. The molecule has 0 aliphatic carbocycles. The van der Waals surface area contributed by atoms with Crippen molar-refractivity contribution in [3.63, 3.8) is 0 Å². The van der Waals surface area contributed by atoms with Gasteiger partial charge in [0.15, 0.2) is 5.13 Å². The van der Waals surface area contributed by atoms with Crippen LogP contribution in [0.4, 0.5) is 5.13 Å². The van der Waals surface area contributed by atoms with Crippen molar-refractivity contribution in [1.29, 1.82) is 0 Å². The fraction of sp³-hybridized carbons (Fsp3) is 0.417. The van der Waals surface area contributed by atoms with Gasteiger partial charge in [0.05, 0.1) is 16.8 Å². The molecule has 1 heterocycles. The summed E-state index contributed by atoms with van der Waals surface area (Å²) < 4.78 is 6.19. The number of nitrogens with zero attached hydrogens (tertiary/aromatic N) is 1. The van der Waals surface area contributed by atoms with Crippen LogP contribution in [0.2, 0.25) is 0 Å². The maximum Gasteiger partial charge on any atom is 0.183 e. The summed E-state index contributed by atoms with van der Waals surface area (Å²) in [5.41, 5.74) is 6.88. The number of nitrogens with one attached hydrogen (secondary N) is 1. The molecule has 5 heteroatoms. The first-order chi connectivity index (χ1) is 8.29. The number of rotatable bonds is 6. The lowest BCUT2D eigenvalue weighted by atomic mass is 10.2.